The minimum Gasteiger partial charge on any atom is -0.508 e. The molecule has 1 aromatic rings. The van der Waals surface area contributed by atoms with Gasteiger partial charge in [0.25, 0.3) is 0 Å². The molecule has 0 heterocycles. The Labute approximate surface area is 168 Å². The summed E-state index contributed by atoms with van der Waals surface area (Å²) in [6, 6.07) is 6.04. The fourth-order valence-electron chi connectivity index (χ4n) is 4.02. The van der Waals surface area contributed by atoms with Crippen molar-refractivity contribution in [3.8, 4) is 11.5 Å². The summed E-state index contributed by atoms with van der Waals surface area (Å²) in [6.45, 7) is 9.50. The zero-order chi connectivity index (χ0) is 21.0. The van der Waals surface area contributed by atoms with Gasteiger partial charge in [-0.2, -0.15) is 0 Å². The Hall–Kier alpha value is -2.04. The van der Waals surface area contributed by atoms with Gasteiger partial charge in [0.1, 0.15) is 17.1 Å². The molecule has 1 fully saturated rings. The molecule has 5 nitrogen and oxygen atoms in total. The molecule has 0 amide bonds. The van der Waals surface area contributed by atoms with Crippen LogP contribution in [0.2, 0.25) is 0 Å². The molecule has 0 bridgehead atoms. The molecule has 0 spiro atoms. The zero-order valence-corrected chi connectivity index (χ0v) is 17.8. The highest BCUT2D eigenvalue weighted by molar-refractivity contribution is 5.82. The van der Waals surface area contributed by atoms with Gasteiger partial charge in [-0.05, 0) is 90.0 Å². The van der Waals surface area contributed by atoms with Crippen molar-refractivity contribution in [3.63, 3.8) is 0 Å². The number of phenolic OH excluding ortho intramolecular Hbond substituents is 1. The van der Waals surface area contributed by atoms with E-state index >= 15 is 0 Å². The van der Waals surface area contributed by atoms with Crippen LogP contribution in [0.15, 0.2) is 24.3 Å². The van der Waals surface area contributed by atoms with Crippen molar-refractivity contribution in [2.24, 2.45) is 10.8 Å². The monoisotopic (exact) mass is 390 g/mol. The topological polar surface area (TPSA) is 72.8 Å². The molecule has 1 saturated carbocycles. The number of ether oxygens (including phenoxy) is 2. The average molecular weight is 391 g/mol. The fourth-order valence-corrected chi connectivity index (χ4v) is 4.02. The maximum Gasteiger partial charge on any atom is 0.317 e. The first-order chi connectivity index (χ1) is 13.1. The lowest BCUT2D eigenvalue weighted by Gasteiger charge is -2.37. The van der Waals surface area contributed by atoms with Gasteiger partial charge < -0.3 is 14.6 Å². The van der Waals surface area contributed by atoms with Crippen molar-refractivity contribution in [2.45, 2.75) is 85.2 Å². The van der Waals surface area contributed by atoms with Crippen LogP contribution in [0.3, 0.4) is 0 Å². The minimum atomic E-state index is -0.824. The van der Waals surface area contributed by atoms with E-state index in [1.54, 1.807) is 12.1 Å². The molecular formula is C23H34O5. The van der Waals surface area contributed by atoms with Crippen LogP contribution in [-0.4, -0.2) is 22.6 Å². The Morgan fingerprint density at radius 1 is 1.04 bits per heavy atom. The molecule has 28 heavy (non-hydrogen) atoms. The summed E-state index contributed by atoms with van der Waals surface area (Å²) in [5.41, 5.74) is -1.97. The van der Waals surface area contributed by atoms with Crippen molar-refractivity contribution < 1.29 is 24.2 Å². The smallest absolute Gasteiger partial charge is 0.317 e. The van der Waals surface area contributed by atoms with Crippen LogP contribution in [-0.2, 0) is 14.3 Å². The summed E-state index contributed by atoms with van der Waals surface area (Å²) in [4.78, 5) is 25.9. The lowest BCUT2D eigenvalue weighted by Crippen LogP contribution is -2.42. The lowest BCUT2D eigenvalue weighted by atomic mass is 9.72. The Kier molecular flexibility index (Phi) is 6.79. The van der Waals surface area contributed by atoms with Crippen molar-refractivity contribution in [1.29, 1.82) is 0 Å². The molecule has 156 valence electrons. The van der Waals surface area contributed by atoms with Gasteiger partial charge >= 0.3 is 11.9 Å². The summed E-state index contributed by atoms with van der Waals surface area (Å²) in [7, 11) is 0. The number of carbonyl (C=O) groups excluding carboxylic acids is 2. The first kappa shape index (κ1) is 22.3. The molecule has 1 aliphatic carbocycles. The Balaban J connectivity index is 2.09. The van der Waals surface area contributed by atoms with Crippen LogP contribution in [0.1, 0.15) is 79.6 Å². The van der Waals surface area contributed by atoms with Crippen molar-refractivity contribution in [1.82, 2.24) is 0 Å². The minimum absolute atomic E-state index is 0.110. The van der Waals surface area contributed by atoms with Crippen molar-refractivity contribution in [3.05, 3.63) is 24.3 Å². The summed E-state index contributed by atoms with van der Waals surface area (Å²) in [5.74, 6) is -0.140. The molecule has 1 N–H and O–H groups in total. The number of hydrogen-bond donors (Lipinski definition) is 1. The zero-order valence-electron chi connectivity index (χ0n) is 17.8. The predicted octanol–water partition coefficient (Wildman–Crippen LogP) is 5.40. The number of hydrogen-bond acceptors (Lipinski definition) is 5. The molecule has 0 radical (unpaired) electrons. The van der Waals surface area contributed by atoms with E-state index in [0.717, 1.165) is 32.1 Å². The Morgan fingerprint density at radius 3 is 2.11 bits per heavy atom. The third-order valence-electron chi connectivity index (χ3n) is 6.17. The van der Waals surface area contributed by atoms with Crippen LogP contribution in [0.5, 0.6) is 11.5 Å². The van der Waals surface area contributed by atoms with E-state index in [4.69, 9.17) is 9.47 Å². The van der Waals surface area contributed by atoms with E-state index < -0.39 is 10.8 Å². The Bertz CT molecular complexity index is 685. The second-order valence-corrected chi connectivity index (χ2v) is 8.99. The molecule has 0 aliphatic heterocycles. The van der Waals surface area contributed by atoms with Crippen LogP contribution in [0.25, 0.3) is 0 Å². The van der Waals surface area contributed by atoms with Gasteiger partial charge in [-0.25, -0.2) is 0 Å². The van der Waals surface area contributed by atoms with Crippen molar-refractivity contribution >= 4 is 11.9 Å². The number of benzene rings is 1. The van der Waals surface area contributed by atoms with Crippen molar-refractivity contribution in [2.75, 3.05) is 0 Å². The maximum absolute atomic E-state index is 13.0. The molecule has 1 aromatic carbocycles. The molecule has 1 aliphatic rings. The molecule has 1 unspecified atom stereocenters. The maximum atomic E-state index is 13.0. The van der Waals surface area contributed by atoms with Gasteiger partial charge in [-0.1, -0.05) is 13.8 Å². The van der Waals surface area contributed by atoms with Crippen LogP contribution in [0, 0.1) is 10.8 Å². The average Bonchev–Trinajstić information content (AvgIpc) is 3.12. The van der Waals surface area contributed by atoms with E-state index in [1.807, 2.05) is 27.7 Å². The third kappa shape index (κ3) is 5.06. The molecular weight excluding hydrogens is 356 g/mol. The number of phenols is 1. The highest BCUT2D eigenvalue weighted by atomic mass is 16.6. The second kappa shape index (κ2) is 8.54. The van der Waals surface area contributed by atoms with E-state index in [2.05, 4.69) is 6.92 Å². The normalized spacial score (nSPS) is 18.3. The van der Waals surface area contributed by atoms with E-state index in [9.17, 15) is 14.7 Å². The first-order valence-corrected chi connectivity index (χ1v) is 10.3. The number of carbonyl (C=O) groups is 2. The second-order valence-electron chi connectivity index (χ2n) is 8.99. The summed E-state index contributed by atoms with van der Waals surface area (Å²) >= 11 is 0. The quantitative estimate of drug-likeness (QED) is 0.475. The standard InChI is InChI=1S/C23H34O5/c1-6-22(5,20(26)27-18-12-10-17(24)11-13-18)16-21(3,4)19(25)28-23(7-2)14-8-9-15-23/h10-13,24H,6-9,14-16H2,1-5H3. The highest BCUT2D eigenvalue weighted by Crippen LogP contribution is 2.42. The largest absolute Gasteiger partial charge is 0.508 e. The number of aromatic hydroxyl groups is 1. The molecule has 2 rings (SSSR count). The fraction of sp³-hybridized carbons (Fsp3) is 0.652. The van der Waals surface area contributed by atoms with Gasteiger partial charge in [0, 0.05) is 0 Å². The summed E-state index contributed by atoms with van der Waals surface area (Å²) < 4.78 is 11.5. The van der Waals surface area contributed by atoms with Gasteiger partial charge in [-0.3, -0.25) is 9.59 Å². The van der Waals surface area contributed by atoms with Crippen LogP contribution < -0.4 is 4.74 Å². The molecule has 0 aromatic heterocycles. The van der Waals surface area contributed by atoms with Gasteiger partial charge in [0.15, 0.2) is 0 Å². The van der Waals surface area contributed by atoms with Gasteiger partial charge in [0.2, 0.25) is 0 Å². The molecule has 1 atom stereocenters. The molecule has 5 heteroatoms. The summed E-state index contributed by atoms with van der Waals surface area (Å²) in [5, 5.41) is 9.38. The van der Waals surface area contributed by atoms with Gasteiger partial charge in [0.05, 0.1) is 10.8 Å². The highest BCUT2D eigenvalue weighted by Gasteiger charge is 2.46. The SMILES string of the molecule is CCC1(OC(=O)C(C)(C)CC(C)(CC)C(=O)Oc2ccc(O)cc2)CCCC1. The van der Waals surface area contributed by atoms with Crippen LogP contribution in [0.4, 0.5) is 0 Å². The summed E-state index contributed by atoms with van der Waals surface area (Å²) in [6.07, 6.45) is 5.72. The third-order valence-corrected chi connectivity index (χ3v) is 6.17. The number of rotatable bonds is 8. The lowest BCUT2D eigenvalue weighted by molar-refractivity contribution is -0.173. The van der Waals surface area contributed by atoms with Crippen LogP contribution >= 0.6 is 0 Å². The number of esters is 2. The predicted molar refractivity (Wildman–Crippen MR) is 108 cm³/mol. The van der Waals surface area contributed by atoms with Gasteiger partial charge in [-0.15, -0.1) is 0 Å². The molecule has 0 saturated heterocycles. The van der Waals surface area contributed by atoms with E-state index in [0.29, 0.717) is 18.6 Å². The Morgan fingerprint density at radius 2 is 1.61 bits per heavy atom. The van der Waals surface area contributed by atoms with E-state index in [-0.39, 0.29) is 23.3 Å². The first-order valence-electron chi connectivity index (χ1n) is 10.3. The van der Waals surface area contributed by atoms with E-state index in [1.165, 1.54) is 12.1 Å².